The minimum atomic E-state index is -0.179. The molecule has 2 N–H and O–H groups in total. The van der Waals surface area contributed by atoms with Crippen LogP contribution in [0.5, 0.6) is 0 Å². The normalized spacial score (nSPS) is 17.3. The van der Waals surface area contributed by atoms with Gasteiger partial charge in [0.1, 0.15) is 5.82 Å². The maximum atomic E-state index is 13.0. The number of nitrogens with zero attached hydrogens (tertiary/aromatic N) is 2. The first-order valence-corrected chi connectivity index (χ1v) is 8.21. The minimum absolute atomic E-state index is 0.179. The SMILES string of the molecule is C[C@H](c1ccc(CN)cc1)N1CCN(c2ccc(F)cc2)CC1. The molecule has 0 radical (unpaired) electrons. The molecule has 1 atom stereocenters. The fourth-order valence-electron chi connectivity index (χ4n) is 3.16. The van der Waals surface area contributed by atoms with Gasteiger partial charge in [-0.1, -0.05) is 24.3 Å². The Balaban J connectivity index is 1.60. The van der Waals surface area contributed by atoms with E-state index < -0.39 is 0 Å². The van der Waals surface area contributed by atoms with Crippen molar-refractivity contribution in [2.45, 2.75) is 19.5 Å². The summed E-state index contributed by atoms with van der Waals surface area (Å²) >= 11 is 0. The average Bonchev–Trinajstić information content (AvgIpc) is 2.62. The van der Waals surface area contributed by atoms with Crippen molar-refractivity contribution >= 4 is 5.69 Å². The predicted molar refractivity (Wildman–Crippen MR) is 92.9 cm³/mol. The van der Waals surface area contributed by atoms with E-state index in [4.69, 9.17) is 5.73 Å². The fourth-order valence-corrected chi connectivity index (χ4v) is 3.16. The van der Waals surface area contributed by atoms with Crippen LogP contribution in [0.3, 0.4) is 0 Å². The Labute approximate surface area is 137 Å². The van der Waals surface area contributed by atoms with Gasteiger partial charge in [-0.3, -0.25) is 4.90 Å². The van der Waals surface area contributed by atoms with Gasteiger partial charge in [0, 0.05) is 44.5 Å². The first kappa shape index (κ1) is 16.0. The zero-order chi connectivity index (χ0) is 16.2. The van der Waals surface area contributed by atoms with E-state index in [2.05, 4.69) is 41.0 Å². The molecule has 0 spiro atoms. The van der Waals surface area contributed by atoms with Gasteiger partial charge in [0.05, 0.1) is 0 Å². The van der Waals surface area contributed by atoms with Crippen molar-refractivity contribution in [3.05, 3.63) is 65.5 Å². The van der Waals surface area contributed by atoms with Crippen molar-refractivity contribution in [1.29, 1.82) is 0 Å². The van der Waals surface area contributed by atoms with E-state index in [1.165, 1.54) is 23.3 Å². The van der Waals surface area contributed by atoms with Gasteiger partial charge < -0.3 is 10.6 Å². The van der Waals surface area contributed by atoms with Gasteiger partial charge in [-0.05, 0) is 42.3 Å². The van der Waals surface area contributed by atoms with Crippen LogP contribution in [-0.2, 0) is 6.54 Å². The Hall–Kier alpha value is -1.91. The van der Waals surface area contributed by atoms with Crippen LogP contribution in [0.2, 0.25) is 0 Å². The number of rotatable bonds is 4. The number of hydrogen-bond donors (Lipinski definition) is 1. The number of halogens is 1. The lowest BCUT2D eigenvalue weighted by molar-refractivity contribution is 0.198. The van der Waals surface area contributed by atoms with Gasteiger partial charge in [0.2, 0.25) is 0 Å². The van der Waals surface area contributed by atoms with Crippen molar-refractivity contribution < 1.29 is 4.39 Å². The van der Waals surface area contributed by atoms with Crippen molar-refractivity contribution in [3.8, 4) is 0 Å². The zero-order valence-corrected chi connectivity index (χ0v) is 13.6. The molecule has 1 heterocycles. The third-order valence-electron chi connectivity index (χ3n) is 4.75. The molecule has 0 saturated carbocycles. The quantitative estimate of drug-likeness (QED) is 0.941. The molecule has 2 aromatic rings. The Morgan fingerprint density at radius 2 is 1.57 bits per heavy atom. The molecule has 3 nitrogen and oxygen atoms in total. The molecule has 3 rings (SSSR count). The highest BCUT2D eigenvalue weighted by molar-refractivity contribution is 5.46. The lowest BCUT2D eigenvalue weighted by Gasteiger charge is -2.39. The summed E-state index contributed by atoms with van der Waals surface area (Å²) in [6, 6.07) is 15.8. The van der Waals surface area contributed by atoms with Crippen LogP contribution in [0.25, 0.3) is 0 Å². The van der Waals surface area contributed by atoms with Crippen LogP contribution < -0.4 is 10.6 Å². The van der Waals surface area contributed by atoms with Gasteiger partial charge >= 0.3 is 0 Å². The summed E-state index contributed by atoms with van der Waals surface area (Å²) in [5, 5.41) is 0. The Bertz CT molecular complexity index is 616. The first-order chi connectivity index (χ1) is 11.2. The molecule has 0 aliphatic carbocycles. The standard InChI is InChI=1S/C19H24FN3/c1-15(17-4-2-16(14-21)3-5-17)22-10-12-23(13-11-22)19-8-6-18(20)7-9-19/h2-9,15H,10-14,21H2,1H3/t15-/m1/s1. The van der Waals surface area contributed by atoms with Gasteiger partial charge in [-0.15, -0.1) is 0 Å². The van der Waals surface area contributed by atoms with Gasteiger partial charge in [0.25, 0.3) is 0 Å². The summed E-state index contributed by atoms with van der Waals surface area (Å²) in [7, 11) is 0. The summed E-state index contributed by atoms with van der Waals surface area (Å²) in [6.45, 7) is 6.80. The second kappa shape index (κ2) is 7.11. The van der Waals surface area contributed by atoms with Crippen molar-refractivity contribution in [2.75, 3.05) is 31.1 Å². The van der Waals surface area contributed by atoms with E-state index in [-0.39, 0.29) is 5.82 Å². The Morgan fingerprint density at radius 1 is 0.957 bits per heavy atom. The molecule has 0 aromatic heterocycles. The summed E-state index contributed by atoms with van der Waals surface area (Å²) in [4.78, 5) is 4.82. The molecular formula is C19H24FN3. The maximum absolute atomic E-state index is 13.0. The maximum Gasteiger partial charge on any atom is 0.123 e. The van der Waals surface area contributed by atoms with Crippen LogP contribution in [0, 0.1) is 5.82 Å². The first-order valence-electron chi connectivity index (χ1n) is 8.21. The van der Waals surface area contributed by atoms with Crippen LogP contribution in [0.15, 0.2) is 48.5 Å². The number of anilines is 1. The third kappa shape index (κ3) is 3.71. The van der Waals surface area contributed by atoms with Crippen molar-refractivity contribution in [2.24, 2.45) is 5.73 Å². The van der Waals surface area contributed by atoms with Crippen LogP contribution in [0.1, 0.15) is 24.1 Å². The molecule has 1 aliphatic rings. The van der Waals surface area contributed by atoms with Crippen LogP contribution in [0.4, 0.5) is 10.1 Å². The molecule has 1 aliphatic heterocycles. The van der Waals surface area contributed by atoms with E-state index in [0.29, 0.717) is 12.6 Å². The third-order valence-corrected chi connectivity index (χ3v) is 4.75. The molecule has 0 unspecified atom stereocenters. The van der Waals surface area contributed by atoms with E-state index >= 15 is 0 Å². The largest absolute Gasteiger partial charge is 0.369 e. The highest BCUT2D eigenvalue weighted by Crippen LogP contribution is 2.24. The molecule has 4 heteroatoms. The van der Waals surface area contributed by atoms with Crippen molar-refractivity contribution in [3.63, 3.8) is 0 Å². The Kier molecular flexibility index (Phi) is 4.94. The molecular weight excluding hydrogens is 289 g/mol. The van der Waals surface area contributed by atoms with Gasteiger partial charge in [-0.2, -0.15) is 0 Å². The summed E-state index contributed by atoms with van der Waals surface area (Å²) in [5.74, 6) is -0.179. The van der Waals surface area contributed by atoms with E-state index in [1.54, 1.807) is 0 Å². The van der Waals surface area contributed by atoms with Crippen molar-refractivity contribution in [1.82, 2.24) is 4.90 Å². The van der Waals surface area contributed by atoms with E-state index in [9.17, 15) is 4.39 Å². The smallest absolute Gasteiger partial charge is 0.123 e. The van der Waals surface area contributed by atoms with Crippen LogP contribution >= 0.6 is 0 Å². The molecule has 122 valence electrons. The Morgan fingerprint density at radius 3 is 2.13 bits per heavy atom. The van der Waals surface area contributed by atoms with E-state index in [1.807, 2.05) is 12.1 Å². The fraction of sp³-hybridized carbons (Fsp3) is 0.368. The number of benzene rings is 2. The topological polar surface area (TPSA) is 32.5 Å². The zero-order valence-electron chi connectivity index (χ0n) is 13.6. The monoisotopic (exact) mass is 313 g/mol. The summed E-state index contributed by atoms with van der Waals surface area (Å²) in [5.41, 5.74) is 9.26. The average molecular weight is 313 g/mol. The molecule has 1 fully saturated rings. The lowest BCUT2D eigenvalue weighted by atomic mass is 10.0. The van der Waals surface area contributed by atoms with Gasteiger partial charge in [0.15, 0.2) is 0 Å². The highest BCUT2D eigenvalue weighted by Gasteiger charge is 2.22. The second-order valence-electron chi connectivity index (χ2n) is 6.12. The lowest BCUT2D eigenvalue weighted by Crippen LogP contribution is -2.47. The molecule has 0 amide bonds. The summed E-state index contributed by atoms with van der Waals surface area (Å²) in [6.07, 6.45) is 0. The molecule has 2 aromatic carbocycles. The van der Waals surface area contributed by atoms with E-state index in [0.717, 1.165) is 31.9 Å². The molecule has 1 saturated heterocycles. The molecule has 23 heavy (non-hydrogen) atoms. The number of nitrogens with two attached hydrogens (primary N) is 1. The highest BCUT2D eigenvalue weighted by atomic mass is 19.1. The second-order valence-corrected chi connectivity index (χ2v) is 6.12. The summed E-state index contributed by atoms with van der Waals surface area (Å²) < 4.78 is 13.0. The van der Waals surface area contributed by atoms with Crippen LogP contribution in [-0.4, -0.2) is 31.1 Å². The predicted octanol–water partition coefficient (Wildman–Crippen LogP) is 3.17. The van der Waals surface area contributed by atoms with Gasteiger partial charge in [-0.25, -0.2) is 4.39 Å². The minimum Gasteiger partial charge on any atom is -0.369 e. The number of piperazine rings is 1. The molecule has 0 bridgehead atoms. The number of hydrogen-bond acceptors (Lipinski definition) is 3.